The maximum Gasteiger partial charge on any atom is 0.262 e. The van der Waals surface area contributed by atoms with Crippen LogP contribution in [0.2, 0.25) is 0 Å². The molecule has 0 radical (unpaired) electrons. The molecule has 1 aliphatic carbocycles. The summed E-state index contributed by atoms with van der Waals surface area (Å²) in [7, 11) is 6.38. The van der Waals surface area contributed by atoms with Gasteiger partial charge in [0, 0.05) is 50.1 Å². The highest BCUT2D eigenvalue weighted by molar-refractivity contribution is 6.05. The van der Waals surface area contributed by atoms with Gasteiger partial charge in [-0.25, -0.2) is 5.01 Å². The molecule has 2 amide bonds. The van der Waals surface area contributed by atoms with Crippen molar-refractivity contribution in [3.63, 3.8) is 0 Å². The van der Waals surface area contributed by atoms with Crippen LogP contribution < -0.4 is 18.9 Å². The van der Waals surface area contributed by atoms with E-state index < -0.39 is 6.04 Å². The Morgan fingerprint density at radius 1 is 0.909 bits per heavy atom. The normalized spacial score (nSPS) is 19.0. The van der Waals surface area contributed by atoms with Crippen molar-refractivity contribution in [2.24, 2.45) is 11.0 Å². The van der Waals surface area contributed by atoms with Gasteiger partial charge in [0.15, 0.2) is 11.5 Å². The zero-order valence-corrected chi connectivity index (χ0v) is 26.3. The number of amides is 2. The van der Waals surface area contributed by atoms with Gasteiger partial charge in [-0.2, -0.15) is 5.10 Å². The van der Waals surface area contributed by atoms with E-state index in [9.17, 15) is 9.59 Å². The first kappa shape index (κ1) is 31.6. The molecule has 5 rings (SSSR count). The number of methoxy groups -OCH3 is 4. The molecule has 0 spiro atoms. The molecule has 0 N–H and O–H groups in total. The molecule has 1 saturated carbocycles. The van der Waals surface area contributed by atoms with Crippen molar-refractivity contribution in [1.29, 1.82) is 0 Å². The molecule has 3 aliphatic rings. The molecule has 1 atom stereocenters. The summed E-state index contributed by atoms with van der Waals surface area (Å²) in [6.07, 6.45) is 4.30. The molecular formula is C33H44N4O7. The number of carbonyl (C=O) groups is 2. The first-order valence-corrected chi connectivity index (χ1v) is 15.4. The van der Waals surface area contributed by atoms with E-state index in [0.29, 0.717) is 61.4 Å². The van der Waals surface area contributed by atoms with Crippen LogP contribution in [0.5, 0.6) is 23.0 Å². The van der Waals surface area contributed by atoms with Crippen molar-refractivity contribution in [2.75, 3.05) is 74.4 Å². The molecule has 44 heavy (non-hydrogen) atoms. The number of hydrogen-bond acceptors (Lipinski definition) is 9. The van der Waals surface area contributed by atoms with E-state index in [1.165, 1.54) is 5.01 Å². The van der Waals surface area contributed by atoms with Crippen LogP contribution in [0.15, 0.2) is 41.5 Å². The minimum Gasteiger partial charge on any atom is -0.497 e. The lowest BCUT2D eigenvalue weighted by molar-refractivity contribution is -0.144. The van der Waals surface area contributed by atoms with Gasteiger partial charge in [0.05, 0.1) is 53.4 Å². The Morgan fingerprint density at radius 2 is 1.64 bits per heavy atom. The third kappa shape index (κ3) is 7.10. The monoisotopic (exact) mass is 608 g/mol. The van der Waals surface area contributed by atoms with Gasteiger partial charge >= 0.3 is 0 Å². The highest BCUT2D eigenvalue weighted by Crippen LogP contribution is 2.39. The van der Waals surface area contributed by atoms with Gasteiger partial charge in [-0.1, -0.05) is 18.9 Å². The number of morpholine rings is 1. The fourth-order valence-corrected chi connectivity index (χ4v) is 6.28. The van der Waals surface area contributed by atoms with Gasteiger partial charge < -0.3 is 28.6 Å². The molecule has 0 unspecified atom stereocenters. The smallest absolute Gasteiger partial charge is 0.262 e. The summed E-state index contributed by atoms with van der Waals surface area (Å²) in [5.74, 6) is 2.22. The maximum absolute atomic E-state index is 14.2. The fraction of sp³-hybridized carbons (Fsp3) is 0.545. The van der Waals surface area contributed by atoms with E-state index >= 15 is 0 Å². The molecule has 2 aromatic rings. The summed E-state index contributed by atoms with van der Waals surface area (Å²) in [5.41, 5.74) is 2.34. The molecule has 0 aromatic heterocycles. The Labute approximate surface area is 259 Å². The predicted molar refractivity (Wildman–Crippen MR) is 166 cm³/mol. The van der Waals surface area contributed by atoms with E-state index in [1.807, 2.05) is 30.3 Å². The topological polar surface area (TPSA) is 102 Å². The Hall–Kier alpha value is -3.83. The van der Waals surface area contributed by atoms with Crippen molar-refractivity contribution in [2.45, 2.75) is 38.1 Å². The van der Waals surface area contributed by atoms with Crippen LogP contribution in [0.1, 0.15) is 49.3 Å². The fourth-order valence-electron chi connectivity index (χ4n) is 6.28. The molecule has 2 aromatic carbocycles. The number of benzene rings is 2. The standard InChI is InChI=1S/C33H44N4O7/c1-40-25-10-11-26(30(20-25)42-3)27-21-28(24-9-12-29(41-2)31(19-24)43-4)37(34-27)32(38)22-36(33(39)23-7-5-6-8-23)14-13-35-15-17-44-18-16-35/h9-12,19-20,23,28H,5-8,13-18,21-22H2,1-4H3/t28-/m1/s1. The van der Waals surface area contributed by atoms with Crippen LogP contribution >= 0.6 is 0 Å². The lowest BCUT2D eigenvalue weighted by Crippen LogP contribution is -2.47. The van der Waals surface area contributed by atoms with Crippen LogP contribution in [-0.4, -0.2) is 107 Å². The molecular weight excluding hydrogens is 564 g/mol. The quantitative estimate of drug-likeness (QED) is 0.359. The second kappa shape index (κ2) is 14.8. The Morgan fingerprint density at radius 3 is 2.32 bits per heavy atom. The van der Waals surface area contributed by atoms with Crippen LogP contribution in [0.3, 0.4) is 0 Å². The van der Waals surface area contributed by atoms with Gasteiger partial charge in [-0.15, -0.1) is 0 Å². The minimum atomic E-state index is -0.410. The molecule has 2 aliphatic heterocycles. The van der Waals surface area contributed by atoms with Crippen LogP contribution in [0.25, 0.3) is 0 Å². The molecule has 1 saturated heterocycles. The second-order valence-corrected chi connectivity index (χ2v) is 11.4. The van der Waals surface area contributed by atoms with Crippen molar-refractivity contribution in [3.8, 4) is 23.0 Å². The van der Waals surface area contributed by atoms with Crippen molar-refractivity contribution in [3.05, 3.63) is 47.5 Å². The number of rotatable bonds is 12. The highest BCUT2D eigenvalue weighted by atomic mass is 16.5. The lowest BCUT2D eigenvalue weighted by Gasteiger charge is -2.32. The largest absolute Gasteiger partial charge is 0.497 e. The molecule has 11 nitrogen and oxygen atoms in total. The van der Waals surface area contributed by atoms with Gasteiger partial charge in [-0.3, -0.25) is 14.5 Å². The van der Waals surface area contributed by atoms with Crippen molar-refractivity contribution >= 4 is 17.5 Å². The van der Waals surface area contributed by atoms with E-state index in [1.54, 1.807) is 39.4 Å². The number of hydrazone groups is 1. The summed E-state index contributed by atoms with van der Waals surface area (Å²) in [6.45, 7) is 4.16. The molecule has 11 heteroatoms. The molecule has 2 fully saturated rings. The number of ether oxygens (including phenoxy) is 5. The van der Waals surface area contributed by atoms with Crippen molar-refractivity contribution in [1.82, 2.24) is 14.8 Å². The Bertz CT molecular complexity index is 1340. The predicted octanol–water partition coefficient (Wildman–Crippen LogP) is 3.75. The summed E-state index contributed by atoms with van der Waals surface area (Å²) in [5, 5.41) is 6.41. The summed E-state index contributed by atoms with van der Waals surface area (Å²) >= 11 is 0. The van der Waals surface area contributed by atoms with Gasteiger partial charge in [0.1, 0.15) is 18.0 Å². The summed E-state index contributed by atoms with van der Waals surface area (Å²) in [4.78, 5) is 32.0. The summed E-state index contributed by atoms with van der Waals surface area (Å²) in [6, 6.07) is 10.8. The second-order valence-electron chi connectivity index (χ2n) is 11.4. The van der Waals surface area contributed by atoms with E-state index in [4.69, 9.17) is 28.8 Å². The first-order chi connectivity index (χ1) is 21.4. The van der Waals surface area contributed by atoms with Gasteiger partial charge in [-0.05, 0) is 42.7 Å². The summed E-state index contributed by atoms with van der Waals surface area (Å²) < 4.78 is 27.6. The minimum absolute atomic E-state index is 0.0321. The van der Waals surface area contributed by atoms with Crippen molar-refractivity contribution < 1.29 is 33.3 Å². The van der Waals surface area contributed by atoms with E-state index in [-0.39, 0.29) is 24.3 Å². The zero-order valence-electron chi connectivity index (χ0n) is 26.3. The third-order valence-electron chi connectivity index (χ3n) is 8.81. The maximum atomic E-state index is 14.2. The molecule has 2 heterocycles. The Kier molecular flexibility index (Phi) is 10.6. The number of carbonyl (C=O) groups excluding carboxylic acids is 2. The van der Waals surface area contributed by atoms with Gasteiger partial charge in [0.2, 0.25) is 5.91 Å². The number of nitrogens with zero attached hydrogens (tertiary/aromatic N) is 4. The van der Waals surface area contributed by atoms with Crippen LogP contribution in [0, 0.1) is 5.92 Å². The lowest BCUT2D eigenvalue weighted by atomic mass is 9.97. The zero-order chi connectivity index (χ0) is 31.1. The van der Waals surface area contributed by atoms with Gasteiger partial charge in [0.25, 0.3) is 5.91 Å². The average molecular weight is 609 g/mol. The van der Waals surface area contributed by atoms with Crippen LogP contribution in [-0.2, 0) is 14.3 Å². The Balaban J connectivity index is 1.45. The highest BCUT2D eigenvalue weighted by Gasteiger charge is 2.37. The molecule has 0 bridgehead atoms. The number of hydrogen-bond donors (Lipinski definition) is 0. The van der Waals surface area contributed by atoms with E-state index in [2.05, 4.69) is 4.90 Å². The third-order valence-corrected chi connectivity index (χ3v) is 8.81. The SMILES string of the molecule is COc1ccc(C2=NN(C(=O)CN(CCN3CCOCC3)C(=O)C3CCCC3)[C@@H](c3ccc(OC)c(OC)c3)C2)c(OC)c1. The molecule has 238 valence electrons. The van der Waals surface area contributed by atoms with Crippen LogP contribution in [0.4, 0.5) is 0 Å². The average Bonchev–Trinajstić information content (AvgIpc) is 3.77. The van der Waals surface area contributed by atoms with E-state index in [0.717, 1.165) is 49.9 Å². The first-order valence-electron chi connectivity index (χ1n) is 15.4.